The zero-order valence-corrected chi connectivity index (χ0v) is 14.7. The summed E-state index contributed by atoms with van der Waals surface area (Å²) in [5.74, 6) is 0.149. The van der Waals surface area contributed by atoms with Crippen LogP contribution in [-0.2, 0) is 23.1 Å². The van der Waals surface area contributed by atoms with Crippen LogP contribution in [0.3, 0.4) is 0 Å². The third-order valence-corrected chi connectivity index (χ3v) is 6.43. The van der Waals surface area contributed by atoms with E-state index in [1.54, 1.807) is 11.3 Å². The number of rotatable bonds is 2. The molecule has 0 radical (unpaired) electrons. The number of nitrogens with zero attached hydrogens (tertiary/aromatic N) is 2. The van der Waals surface area contributed by atoms with Gasteiger partial charge in [-0.3, -0.25) is 4.79 Å². The minimum atomic E-state index is -0.326. The largest absolute Gasteiger partial charge is 0.392 e. The average Bonchev–Trinajstić information content (AvgIpc) is 3.10. The molecule has 1 aliphatic heterocycles. The highest BCUT2D eigenvalue weighted by molar-refractivity contribution is 7.09. The molecule has 1 aromatic carbocycles. The van der Waals surface area contributed by atoms with E-state index in [1.807, 2.05) is 23.3 Å². The summed E-state index contributed by atoms with van der Waals surface area (Å²) in [5.41, 5.74) is 3.27. The molecule has 2 heterocycles. The van der Waals surface area contributed by atoms with Crippen LogP contribution in [0.15, 0.2) is 29.6 Å². The van der Waals surface area contributed by atoms with Gasteiger partial charge in [-0.15, -0.1) is 11.3 Å². The van der Waals surface area contributed by atoms with Gasteiger partial charge in [-0.25, -0.2) is 4.98 Å². The number of aliphatic hydroxyl groups is 1. The molecule has 1 N–H and O–H groups in total. The highest BCUT2D eigenvalue weighted by atomic mass is 32.1. The van der Waals surface area contributed by atoms with E-state index < -0.39 is 0 Å². The first-order valence-electron chi connectivity index (χ1n) is 8.54. The van der Waals surface area contributed by atoms with Gasteiger partial charge in [0.05, 0.1) is 23.2 Å². The van der Waals surface area contributed by atoms with Gasteiger partial charge in [-0.2, -0.15) is 0 Å². The molecule has 1 amide bonds. The Balaban J connectivity index is 1.46. The molecule has 2 aliphatic rings. The third-order valence-electron chi connectivity index (χ3n) is 5.61. The number of hydrogen-bond donors (Lipinski definition) is 1. The van der Waals surface area contributed by atoms with Crippen LogP contribution < -0.4 is 0 Å². The van der Waals surface area contributed by atoms with Crippen molar-refractivity contribution >= 4 is 17.2 Å². The summed E-state index contributed by atoms with van der Waals surface area (Å²) < 4.78 is 0. The van der Waals surface area contributed by atoms with Gasteiger partial charge in [0, 0.05) is 23.9 Å². The zero-order valence-electron chi connectivity index (χ0n) is 13.9. The molecule has 0 bridgehead atoms. The van der Waals surface area contributed by atoms with E-state index in [4.69, 9.17) is 0 Å². The number of carbonyl (C=O) groups is 1. The third kappa shape index (κ3) is 2.56. The summed E-state index contributed by atoms with van der Waals surface area (Å²) in [5, 5.41) is 13.6. The number of piperidine rings is 1. The number of aromatic nitrogens is 1. The van der Waals surface area contributed by atoms with E-state index in [1.165, 1.54) is 11.1 Å². The van der Waals surface area contributed by atoms with E-state index >= 15 is 0 Å². The highest BCUT2D eigenvalue weighted by Crippen LogP contribution is 2.46. The molecular weight excluding hydrogens is 320 g/mol. The Bertz CT molecular complexity index is 762. The summed E-state index contributed by atoms with van der Waals surface area (Å²) >= 11 is 1.59. The topological polar surface area (TPSA) is 53.4 Å². The van der Waals surface area contributed by atoms with Gasteiger partial charge < -0.3 is 10.0 Å². The standard InChI is InChI=1S/C19H22N2O2S/c1-13-20-15(12-24-13)11-18(23)21-8-6-19(7-9-21)16-5-3-2-4-14(16)10-17(19)22/h2-5,12,17,22H,6-11H2,1H3/t17-/m1/s1. The van der Waals surface area contributed by atoms with Crippen molar-refractivity contribution in [1.29, 1.82) is 0 Å². The quantitative estimate of drug-likeness (QED) is 0.912. The summed E-state index contributed by atoms with van der Waals surface area (Å²) in [6.45, 7) is 3.39. The van der Waals surface area contributed by atoms with E-state index in [2.05, 4.69) is 23.2 Å². The van der Waals surface area contributed by atoms with Crippen molar-refractivity contribution in [2.24, 2.45) is 0 Å². The van der Waals surface area contributed by atoms with Gasteiger partial charge in [0.15, 0.2) is 0 Å². The van der Waals surface area contributed by atoms with Crippen molar-refractivity contribution < 1.29 is 9.90 Å². The number of aryl methyl sites for hydroxylation is 1. The van der Waals surface area contributed by atoms with Gasteiger partial charge in [0.2, 0.25) is 5.91 Å². The van der Waals surface area contributed by atoms with Crippen LogP contribution >= 0.6 is 11.3 Å². The van der Waals surface area contributed by atoms with Gasteiger partial charge in [-0.1, -0.05) is 24.3 Å². The Morgan fingerprint density at radius 1 is 1.38 bits per heavy atom. The van der Waals surface area contributed by atoms with E-state index in [-0.39, 0.29) is 17.4 Å². The number of hydrogen-bond acceptors (Lipinski definition) is 4. The number of fused-ring (bicyclic) bond motifs is 2. The zero-order chi connectivity index (χ0) is 16.7. The van der Waals surface area contributed by atoms with Crippen LogP contribution in [0.25, 0.3) is 0 Å². The second-order valence-electron chi connectivity index (χ2n) is 6.95. The van der Waals surface area contributed by atoms with E-state index in [0.29, 0.717) is 19.5 Å². The Morgan fingerprint density at radius 2 is 2.12 bits per heavy atom. The molecule has 1 atom stereocenters. The minimum absolute atomic E-state index is 0.149. The molecule has 1 aromatic heterocycles. The number of carbonyl (C=O) groups excluding carboxylic acids is 1. The molecular formula is C19H22N2O2S. The molecule has 4 nitrogen and oxygen atoms in total. The fourth-order valence-corrected chi connectivity index (χ4v) is 4.89. The monoisotopic (exact) mass is 342 g/mol. The Morgan fingerprint density at radius 3 is 2.83 bits per heavy atom. The SMILES string of the molecule is Cc1nc(CC(=O)N2CCC3(CC2)c2ccccc2C[C@H]3O)cs1. The maximum Gasteiger partial charge on any atom is 0.228 e. The number of thiazole rings is 1. The Kier molecular flexibility index (Phi) is 3.93. The van der Waals surface area contributed by atoms with Gasteiger partial charge in [0.25, 0.3) is 0 Å². The van der Waals surface area contributed by atoms with E-state index in [0.717, 1.165) is 30.0 Å². The van der Waals surface area contributed by atoms with Crippen LogP contribution in [0, 0.1) is 6.92 Å². The smallest absolute Gasteiger partial charge is 0.228 e. The van der Waals surface area contributed by atoms with Crippen molar-refractivity contribution in [3.8, 4) is 0 Å². The number of likely N-dealkylation sites (tertiary alicyclic amines) is 1. The first kappa shape index (κ1) is 15.8. The van der Waals surface area contributed by atoms with Gasteiger partial charge >= 0.3 is 0 Å². The molecule has 0 saturated carbocycles. The molecule has 1 saturated heterocycles. The molecule has 1 fully saturated rings. The van der Waals surface area contributed by atoms with Crippen LogP contribution in [0.4, 0.5) is 0 Å². The Hall–Kier alpha value is -1.72. The van der Waals surface area contributed by atoms with Crippen molar-refractivity contribution in [2.45, 2.75) is 44.1 Å². The van der Waals surface area contributed by atoms with Crippen molar-refractivity contribution in [2.75, 3.05) is 13.1 Å². The van der Waals surface area contributed by atoms with E-state index in [9.17, 15) is 9.90 Å². The number of aliphatic hydroxyl groups excluding tert-OH is 1. The first-order valence-corrected chi connectivity index (χ1v) is 9.42. The molecule has 2 aromatic rings. The predicted octanol–water partition coefficient (Wildman–Crippen LogP) is 2.47. The van der Waals surface area contributed by atoms with Crippen molar-refractivity contribution in [1.82, 2.24) is 9.88 Å². The summed E-state index contributed by atoms with van der Waals surface area (Å²) in [4.78, 5) is 18.9. The Labute approximate surface area is 146 Å². The van der Waals surface area contributed by atoms with Crippen LogP contribution in [0.1, 0.15) is 34.7 Å². The first-order chi connectivity index (χ1) is 11.6. The van der Waals surface area contributed by atoms with Crippen molar-refractivity contribution in [3.63, 3.8) is 0 Å². The number of amides is 1. The summed E-state index contributed by atoms with van der Waals surface area (Å²) in [6, 6.07) is 8.37. The summed E-state index contributed by atoms with van der Waals surface area (Å²) in [7, 11) is 0. The molecule has 24 heavy (non-hydrogen) atoms. The summed E-state index contributed by atoms with van der Waals surface area (Å²) in [6.07, 6.45) is 2.48. The van der Waals surface area contributed by atoms with Crippen LogP contribution in [-0.4, -0.2) is 40.1 Å². The molecule has 4 rings (SSSR count). The van der Waals surface area contributed by atoms with Crippen LogP contribution in [0.5, 0.6) is 0 Å². The molecule has 0 unspecified atom stereocenters. The molecule has 126 valence electrons. The fourth-order valence-electron chi connectivity index (χ4n) is 4.28. The molecule has 1 spiro atoms. The normalized spacial score (nSPS) is 21.9. The van der Waals surface area contributed by atoms with Gasteiger partial charge in [0.1, 0.15) is 0 Å². The lowest BCUT2D eigenvalue weighted by Crippen LogP contribution is -2.49. The lowest BCUT2D eigenvalue weighted by atomic mass is 9.72. The number of benzene rings is 1. The second kappa shape index (κ2) is 5.97. The lowest BCUT2D eigenvalue weighted by molar-refractivity contribution is -0.132. The highest BCUT2D eigenvalue weighted by Gasteiger charge is 2.47. The lowest BCUT2D eigenvalue weighted by Gasteiger charge is -2.42. The predicted molar refractivity (Wildman–Crippen MR) is 94.2 cm³/mol. The average molecular weight is 342 g/mol. The van der Waals surface area contributed by atoms with Crippen LogP contribution in [0.2, 0.25) is 0 Å². The van der Waals surface area contributed by atoms with Gasteiger partial charge in [-0.05, 0) is 37.3 Å². The van der Waals surface area contributed by atoms with Crippen molar-refractivity contribution in [3.05, 3.63) is 51.5 Å². The fraction of sp³-hybridized carbons (Fsp3) is 0.474. The maximum absolute atomic E-state index is 12.5. The maximum atomic E-state index is 12.5. The molecule has 5 heteroatoms. The molecule has 1 aliphatic carbocycles. The second-order valence-corrected chi connectivity index (χ2v) is 8.01. The minimum Gasteiger partial charge on any atom is -0.392 e.